The quantitative estimate of drug-likeness (QED) is 0.457. The van der Waals surface area contributed by atoms with Gasteiger partial charge in [0.2, 0.25) is 0 Å². The first-order valence-electron chi connectivity index (χ1n) is 2.61. The van der Waals surface area contributed by atoms with E-state index in [1.165, 1.54) is 0 Å². The molecule has 0 fully saturated rings. The van der Waals surface area contributed by atoms with E-state index in [0.29, 0.717) is 0 Å². The van der Waals surface area contributed by atoms with Crippen LogP contribution >= 0.6 is 24.4 Å². The summed E-state index contributed by atoms with van der Waals surface area (Å²) in [5.41, 5.74) is 9.19. The van der Waals surface area contributed by atoms with Gasteiger partial charge in [-0.1, -0.05) is 6.58 Å². The van der Waals surface area contributed by atoms with Crippen molar-refractivity contribution in [2.75, 3.05) is 0 Å². The molecule has 0 spiro atoms. The molecule has 0 saturated carbocycles. The van der Waals surface area contributed by atoms with Crippen LogP contribution in [0.4, 0.5) is 4.39 Å². The summed E-state index contributed by atoms with van der Waals surface area (Å²) < 4.78 is 16.0. The lowest BCUT2D eigenvalue weighted by Crippen LogP contribution is -2.17. The minimum absolute atomic E-state index is 0.308. The van der Waals surface area contributed by atoms with Gasteiger partial charge in [0.25, 0.3) is 16.7 Å². The third-order valence-corrected chi connectivity index (χ3v) is 0.510. The van der Waals surface area contributed by atoms with E-state index >= 15 is 0 Å². The zero-order chi connectivity index (χ0) is 10.1. The largest absolute Gasteiger partial charge is 0.487 e. The molecule has 0 saturated heterocycles. The number of hydrogen-bond donors (Lipinski definition) is 3. The molecule has 0 rings (SSSR count). The summed E-state index contributed by atoms with van der Waals surface area (Å²) in [6, 6.07) is 0. The molecule has 12 heavy (non-hydrogen) atoms. The number of alkyl halides is 1. The molecule has 0 aromatic carbocycles. The van der Waals surface area contributed by atoms with Crippen LogP contribution in [0.5, 0.6) is 0 Å². The van der Waals surface area contributed by atoms with Crippen LogP contribution in [-0.2, 0) is 4.74 Å². The molecule has 0 aromatic rings. The summed E-state index contributed by atoms with van der Waals surface area (Å²) in [6.07, 6.45) is -0.619. The van der Waals surface area contributed by atoms with Crippen molar-refractivity contribution in [2.45, 2.75) is 6.36 Å². The third-order valence-electron chi connectivity index (χ3n) is 0.414. The predicted molar refractivity (Wildman–Crippen MR) is 52.4 cm³/mol. The first-order valence-corrected chi connectivity index (χ1v) is 3.43. The minimum atomic E-state index is -1.58. The highest BCUT2D eigenvalue weighted by atomic mass is 32.1. The fourth-order valence-electron chi connectivity index (χ4n) is 0.159. The second-order valence-electron chi connectivity index (χ2n) is 1.36. The van der Waals surface area contributed by atoms with Crippen molar-refractivity contribution < 1.29 is 14.2 Å². The van der Waals surface area contributed by atoms with Crippen LogP contribution in [-0.4, -0.2) is 21.8 Å². The fraction of sp³-hybridized carbons (Fsp3) is 0.200. The maximum Gasteiger partial charge on any atom is 0.259 e. The number of aliphatic hydroxyl groups is 1. The van der Waals surface area contributed by atoms with E-state index in [0.717, 1.165) is 6.08 Å². The average molecular weight is 212 g/mol. The monoisotopic (exact) mass is 212 g/mol. The summed E-state index contributed by atoms with van der Waals surface area (Å²) in [5, 5.41) is 6.76. The Hall–Kier alpha value is -0.950. The number of aliphatic hydroxyl groups excluding tert-OH is 1. The van der Waals surface area contributed by atoms with Crippen molar-refractivity contribution in [1.82, 2.24) is 0 Å². The molecular formula is C5H9FN2O2S2. The Balaban J connectivity index is 0. The lowest BCUT2D eigenvalue weighted by atomic mass is 10.7. The molecule has 0 bridgehead atoms. The van der Waals surface area contributed by atoms with Crippen LogP contribution in [0.15, 0.2) is 12.7 Å². The number of halogens is 1. The number of thiocarbonyl (C=S) groups is 2. The van der Waals surface area contributed by atoms with Gasteiger partial charge >= 0.3 is 0 Å². The number of rotatable bonds is 2. The Morgan fingerprint density at radius 2 is 1.92 bits per heavy atom. The van der Waals surface area contributed by atoms with Crippen molar-refractivity contribution >= 4 is 34.8 Å². The van der Waals surface area contributed by atoms with Crippen molar-refractivity contribution in [3.8, 4) is 0 Å². The molecule has 70 valence electrons. The van der Waals surface area contributed by atoms with Crippen LogP contribution in [0.3, 0.4) is 0 Å². The summed E-state index contributed by atoms with van der Waals surface area (Å²) in [6.45, 7) is 3.10. The van der Waals surface area contributed by atoms with Crippen LogP contribution in [0.1, 0.15) is 0 Å². The molecule has 0 radical (unpaired) electrons. The van der Waals surface area contributed by atoms with E-state index < -0.39 is 11.5 Å². The van der Waals surface area contributed by atoms with E-state index in [1.807, 2.05) is 0 Å². The second kappa shape index (κ2) is 8.15. The predicted octanol–water partition coefficient (Wildman–Crippen LogP) is 0.516. The Bertz CT molecular complexity index is 173. The second-order valence-corrected chi connectivity index (χ2v) is 2.18. The summed E-state index contributed by atoms with van der Waals surface area (Å²) in [7, 11) is 0. The highest BCUT2D eigenvalue weighted by Crippen LogP contribution is 1.92. The third kappa shape index (κ3) is 23.0. The van der Waals surface area contributed by atoms with Crippen molar-refractivity contribution in [3.63, 3.8) is 0 Å². The van der Waals surface area contributed by atoms with Gasteiger partial charge in [-0.3, -0.25) is 0 Å². The molecule has 1 atom stereocenters. The highest BCUT2D eigenvalue weighted by molar-refractivity contribution is 7.80. The number of hydrogen-bond acceptors (Lipinski definition) is 3. The average Bonchev–Trinajstić information content (AvgIpc) is 1.84. The molecule has 0 heterocycles. The van der Waals surface area contributed by atoms with Gasteiger partial charge < -0.3 is 21.3 Å². The smallest absolute Gasteiger partial charge is 0.259 e. The zero-order valence-corrected chi connectivity index (χ0v) is 7.70. The Kier molecular flexibility index (Phi) is 9.25. The van der Waals surface area contributed by atoms with Gasteiger partial charge in [0, 0.05) is 0 Å². The minimum Gasteiger partial charge on any atom is -0.487 e. The normalized spacial score (nSPS) is 10.1. The van der Waals surface area contributed by atoms with Gasteiger partial charge in [-0.05, 0) is 30.5 Å². The van der Waals surface area contributed by atoms with E-state index in [2.05, 4.69) is 41.5 Å². The molecule has 0 amide bonds. The molecule has 0 aromatic heterocycles. The first kappa shape index (κ1) is 13.6. The van der Waals surface area contributed by atoms with Gasteiger partial charge in [0.05, 0.1) is 0 Å². The van der Waals surface area contributed by atoms with E-state index in [9.17, 15) is 4.39 Å². The molecule has 1 unspecified atom stereocenters. The van der Waals surface area contributed by atoms with Gasteiger partial charge in [0.1, 0.15) is 0 Å². The van der Waals surface area contributed by atoms with E-state index in [-0.39, 0.29) is 5.17 Å². The lowest BCUT2D eigenvalue weighted by molar-refractivity contribution is 0.104. The molecule has 0 aliphatic carbocycles. The van der Waals surface area contributed by atoms with Crippen LogP contribution < -0.4 is 11.5 Å². The molecule has 0 aliphatic heterocycles. The highest BCUT2D eigenvalue weighted by Gasteiger charge is 1.98. The molecule has 0 aliphatic rings. The van der Waals surface area contributed by atoms with Crippen molar-refractivity contribution in [3.05, 3.63) is 12.7 Å². The summed E-state index contributed by atoms with van der Waals surface area (Å²) in [5.74, 6) is 0. The maximum atomic E-state index is 11.9. The molecule has 5 N–H and O–H groups in total. The Morgan fingerprint density at radius 3 is 2.00 bits per heavy atom. The van der Waals surface area contributed by atoms with Crippen molar-refractivity contribution in [2.24, 2.45) is 11.5 Å². The van der Waals surface area contributed by atoms with Gasteiger partial charge in [0.15, 0.2) is 0 Å². The maximum absolute atomic E-state index is 11.9. The zero-order valence-electron chi connectivity index (χ0n) is 6.07. The van der Waals surface area contributed by atoms with Gasteiger partial charge in [-0.25, -0.2) is 0 Å². The number of nitrogens with two attached hydrogens (primary N) is 2. The topological polar surface area (TPSA) is 81.5 Å². The first-order chi connectivity index (χ1) is 5.40. The van der Waals surface area contributed by atoms with Crippen LogP contribution in [0.25, 0.3) is 0 Å². The molecular weight excluding hydrogens is 203 g/mol. The van der Waals surface area contributed by atoms with Crippen molar-refractivity contribution in [1.29, 1.82) is 0 Å². The Labute approximate surface area is 80.0 Å². The van der Waals surface area contributed by atoms with E-state index in [1.54, 1.807) is 0 Å². The molecule has 4 nitrogen and oxygen atoms in total. The fourth-order valence-corrected chi connectivity index (χ4v) is 0.251. The lowest BCUT2D eigenvalue weighted by Gasteiger charge is -2.01. The SMILES string of the molecule is C=CC(F)OC(N)=S.NC(O)=S. The molecule has 7 heteroatoms. The van der Waals surface area contributed by atoms with Crippen LogP contribution in [0, 0.1) is 0 Å². The standard InChI is InChI=1S/C4H6FNOS.CH3NOS/c1-2-3(5)7-4(6)8;2-1(3)4/h2-3H,1H2,(H2,6,8);(H3,2,3,4). The Morgan fingerprint density at radius 1 is 1.58 bits per heavy atom. The van der Waals surface area contributed by atoms with Gasteiger partial charge in [-0.15, -0.1) is 0 Å². The summed E-state index contributed by atoms with van der Waals surface area (Å²) >= 11 is 8.08. The summed E-state index contributed by atoms with van der Waals surface area (Å²) in [4.78, 5) is 0. The van der Waals surface area contributed by atoms with Crippen LogP contribution in [0.2, 0.25) is 0 Å². The van der Waals surface area contributed by atoms with E-state index in [4.69, 9.17) is 10.8 Å². The number of ether oxygens (including phenoxy) is 1. The van der Waals surface area contributed by atoms with Gasteiger partial charge in [-0.2, -0.15) is 4.39 Å².